The maximum absolute atomic E-state index is 11.5. The minimum absolute atomic E-state index is 0.231. The second-order valence-corrected chi connectivity index (χ2v) is 5.44. The van der Waals surface area contributed by atoms with E-state index < -0.39 is 10.0 Å². The number of unbranched alkanes of at least 4 members (excludes halogenated alkanes) is 1. The molecule has 0 unspecified atom stereocenters. The molecule has 78 valence electrons. The van der Waals surface area contributed by atoms with Crippen LogP contribution in [0.2, 0.25) is 0 Å². The van der Waals surface area contributed by atoms with E-state index >= 15 is 0 Å². The molecule has 1 aliphatic rings. The lowest BCUT2D eigenvalue weighted by atomic mass is 10.2. The average Bonchev–Trinajstić information content (AvgIpc) is 2.07. The second-order valence-electron chi connectivity index (χ2n) is 3.35. The minimum Gasteiger partial charge on any atom is -0.246 e. The molecule has 0 radical (unpaired) electrons. The first kappa shape index (κ1) is 11.2. The Morgan fingerprint density at radius 2 is 2.21 bits per heavy atom. The summed E-state index contributed by atoms with van der Waals surface area (Å²) in [6.45, 7) is 9.37. The molecule has 1 rings (SSSR count). The van der Waals surface area contributed by atoms with Crippen LogP contribution in [-0.4, -0.2) is 31.6 Å². The first-order valence-electron chi connectivity index (χ1n) is 4.62. The molecule has 1 heterocycles. The molecule has 5 heteroatoms. The molecule has 0 aliphatic carbocycles. The molecule has 0 atom stereocenters. The summed E-state index contributed by atoms with van der Waals surface area (Å²) in [6.07, 6.45) is 3.00. The van der Waals surface area contributed by atoms with Gasteiger partial charge in [0.25, 0.3) is 0 Å². The van der Waals surface area contributed by atoms with Crippen molar-refractivity contribution in [2.45, 2.75) is 19.8 Å². The third-order valence-electron chi connectivity index (χ3n) is 2.16. The van der Waals surface area contributed by atoms with Crippen molar-refractivity contribution in [3.05, 3.63) is 23.2 Å². The third-order valence-corrected chi connectivity index (χ3v) is 4.00. The number of rotatable bonds is 4. The fraction of sp³-hybridized carbons (Fsp3) is 0.667. The SMILES string of the molecule is [C-]#[N+]C=C1CN(S(=O)(=O)CCCC)C1. The molecule has 0 aromatic heterocycles. The Labute approximate surface area is 85.1 Å². The van der Waals surface area contributed by atoms with Crippen molar-refractivity contribution in [2.75, 3.05) is 18.8 Å². The number of hydrogen-bond donors (Lipinski definition) is 0. The Balaban J connectivity index is 2.47. The van der Waals surface area contributed by atoms with Crippen LogP contribution in [0.25, 0.3) is 4.85 Å². The van der Waals surface area contributed by atoms with E-state index in [0.29, 0.717) is 19.5 Å². The average molecular weight is 214 g/mol. The first-order valence-corrected chi connectivity index (χ1v) is 6.23. The molecule has 1 fully saturated rings. The Morgan fingerprint density at radius 1 is 1.57 bits per heavy atom. The lowest BCUT2D eigenvalue weighted by molar-refractivity contribution is 0.390. The zero-order valence-corrected chi connectivity index (χ0v) is 9.05. The van der Waals surface area contributed by atoms with E-state index in [1.54, 1.807) is 0 Å². The molecular weight excluding hydrogens is 200 g/mol. The Hall–Kier alpha value is -0.860. The van der Waals surface area contributed by atoms with Gasteiger partial charge in [0.1, 0.15) is 0 Å². The van der Waals surface area contributed by atoms with Crippen molar-refractivity contribution < 1.29 is 8.42 Å². The maximum atomic E-state index is 11.5. The summed E-state index contributed by atoms with van der Waals surface area (Å²) >= 11 is 0. The normalized spacial score (nSPS) is 17.3. The van der Waals surface area contributed by atoms with Crippen molar-refractivity contribution in [3.8, 4) is 0 Å². The van der Waals surface area contributed by atoms with Gasteiger partial charge in [-0.1, -0.05) is 13.3 Å². The quantitative estimate of drug-likeness (QED) is 0.661. The van der Waals surface area contributed by atoms with Gasteiger partial charge < -0.3 is 0 Å². The van der Waals surface area contributed by atoms with Crippen LogP contribution < -0.4 is 0 Å². The van der Waals surface area contributed by atoms with E-state index in [4.69, 9.17) is 6.57 Å². The summed E-state index contributed by atoms with van der Waals surface area (Å²) in [6, 6.07) is 0. The number of sulfonamides is 1. The lowest BCUT2D eigenvalue weighted by Gasteiger charge is -2.32. The molecule has 0 aromatic rings. The summed E-state index contributed by atoms with van der Waals surface area (Å²) in [5.74, 6) is 0.231. The molecule has 14 heavy (non-hydrogen) atoms. The van der Waals surface area contributed by atoms with Crippen LogP contribution in [0.3, 0.4) is 0 Å². The molecule has 0 N–H and O–H groups in total. The molecule has 0 amide bonds. The van der Waals surface area contributed by atoms with E-state index in [0.717, 1.165) is 12.0 Å². The van der Waals surface area contributed by atoms with Crippen molar-refractivity contribution >= 4 is 10.0 Å². The predicted octanol–water partition coefficient (Wildman–Crippen LogP) is 1.24. The Kier molecular flexibility index (Phi) is 3.67. The molecule has 4 nitrogen and oxygen atoms in total. The van der Waals surface area contributed by atoms with E-state index in [-0.39, 0.29) is 5.75 Å². The molecule has 0 saturated carbocycles. The fourth-order valence-electron chi connectivity index (χ4n) is 1.23. The molecule has 0 aromatic carbocycles. The smallest absolute Gasteiger partial charge is 0.214 e. The van der Waals surface area contributed by atoms with E-state index in [1.165, 1.54) is 10.5 Å². The monoisotopic (exact) mass is 214 g/mol. The van der Waals surface area contributed by atoms with Gasteiger partial charge in [0.2, 0.25) is 10.0 Å². The molecular formula is C9H14N2O2S. The highest BCUT2D eigenvalue weighted by atomic mass is 32.2. The van der Waals surface area contributed by atoms with Crippen molar-refractivity contribution in [1.29, 1.82) is 0 Å². The summed E-state index contributed by atoms with van der Waals surface area (Å²) in [7, 11) is -3.05. The van der Waals surface area contributed by atoms with Crippen LogP contribution in [0.1, 0.15) is 19.8 Å². The lowest BCUT2D eigenvalue weighted by Crippen LogP contribution is -2.45. The highest BCUT2D eigenvalue weighted by Crippen LogP contribution is 2.19. The minimum atomic E-state index is -3.05. The summed E-state index contributed by atoms with van der Waals surface area (Å²) < 4.78 is 24.5. The van der Waals surface area contributed by atoms with Gasteiger partial charge in [-0.15, -0.1) is 0 Å². The summed E-state index contributed by atoms with van der Waals surface area (Å²) in [5, 5.41) is 0. The van der Waals surface area contributed by atoms with Gasteiger partial charge in [-0.2, -0.15) is 4.31 Å². The Bertz CT molecular complexity index is 357. The van der Waals surface area contributed by atoms with Crippen molar-refractivity contribution in [1.82, 2.24) is 4.31 Å². The van der Waals surface area contributed by atoms with Gasteiger partial charge in [-0.3, -0.25) is 0 Å². The van der Waals surface area contributed by atoms with Gasteiger partial charge in [0, 0.05) is 13.1 Å². The van der Waals surface area contributed by atoms with Gasteiger partial charge in [-0.05, 0) is 12.0 Å². The van der Waals surface area contributed by atoms with Gasteiger partial charge in [0.15, 0.2) is 6.20 Å². The van der Waals surface area contributed by atoms with Gasteiger partial charge in [0.05, 0.1) is 12.3 Å². The van der Waals surface area contributed by atoms with Crippen LogP contribution in [0.4, 0.5) is 0 Å². The van der Waals surface area contributed by atoms with Crippen LogP contribution in [-0.2, 0) is 10.0 Å². The highest BCUT2D eigenvalue weighted by Gasteiger charge is 2.30. The first-order chi connectivity index (χ1) is 6.60. The van der Waals surface area contributed by atoms with Crippen LogP contribution >= 0.6 is 0 Å². The maximum Gasteiger partial charge on any atom is 0.214 e. The topological polar surface area (TPSA) is 41.7 Å². The molecule has 0 spiro atoms. The zero-order chi connectivity index (χ0) is 10.6. The largest absolute Gasteiger partial charge is 0.246 e. The standard InChI is InChI=1S/C9H14N2O2S/c1-3-4-5-14(12,13)11-7-9(8-11)6-10-2/h6H,3-5,7-8H2,1H3. The number of nitrogens with zero attached hydrogens (tertiary/aromatic N) is 2. The predicted molar refractivity (Wildman–Crippen MR) is 55.0 cm³/mol. The van der Waals surface area contributed by atoms with E-state index in [9.17, 15) is 8.42 Å². The second kappa shape index (κ2) is 4.58. The number of hydrogen-bond acceptors (Lipinski definition) is 2. The van der Waals surface area contributed by atoms with E-state index in [2.05, 4.69) is 4.85 Å². The van der Waals surface area contributed by atoms with Crippen molar-refractivity contribution in [2.24, 2.45) is 0 Å². The molecule has 0 bridgehead atoms. The Morgan fingerprint density at radius 3 is 2.71 bits per heavy atom. The van der Waals surface area contributed by atoms with Crippen molar-refractivity contribution in [3.63, 3.8) is 0 Å². The molecule has 1 aliphatic heterocycles. The zero-order valence-electron chi connectivity index (χ0n) is 8.23. The highest BCUT2D eigenvalue weighted by molar-refractivity contribution is 7.89. The van der Waals surface area contributed by atoms with Crippen LogP contribution in [0, 0.1) is 6.57 Å². The van der Waals surface area contributed by atoms with Gasteiger partial charge >= 0.3 is 0 Å². The fourth-order valence-corrected chi connectivity index (χ4v) is 2.87. The summed E-state index contributed by atoms with van der Waals surface area (Å²) in [5.41, 5.74) is 0.903. The summed E-state index contributed by atoms with van der Waals surface area (Å²) in [4.78, 5) is 3.10. The molecule has 1 saturated heterocycles. The van der Waals surface area contributed by atoms with Crippen LogP contribution in [0.15, 0.2) is 11.8 Å². The van der Waals surface area contributed by atoms with Gasteiger partial charge in [-0.25, -0.2) is 13.3 Å². The van der Waals surface area contributed by atoms with E-state index in [1.807, 2.05) is 6.92 Å². The van der Waals surface area contributed by atoms with Crippen LogP contribution in [0.5, 0.6) is 0 Å². The third kappa shape index (κ3) is 2.56.